The first-order valence-corrected chi connectivity index (χ1v) is 11.8. The standard InChI is InChI=1S/C23H37NO5.C2H5NO2/c1-5-6-7-21(26)24-19-15-27-22(28-16-19)11-9-17(2)8-10-20-12-18(14-25)13-23(3,4)29-20;1-3-2(4)5/h6-10,18-20,22,25H,5,11-16H2,1-4H3,(H,24,26);3H,1H3,(H,4,5)/b7-6-,10-8+,17-9+;. The zero-order valence-corrected chi connectivity index (χ0v) is 21.1. The molecule has 2 unspecified atom stereocenters. The molecule has 0 radical (unpaired) electrons. The fourth-order valence-electron chi connectivity index (χ4n) is 3.72. The van der Waals surface area contributed by atoms with Crippen LogP contribution in [0.3, 0.4) is 0 Å². The lowest BCUT2D eigenvalue weighted by atomic mass is 9.86. The Labute approximate surface area is 203 Å². The molecule has 2 amide bonds. The van der Waals surface area contributed by atoms with Crippen molar-refractivity contribution in [1.82, 2.24) is 10.6 Å². The first-order chi connectivity index (χ1) is 16.1. The van der Waals surface area contributed by atoms with Crippen LogP contribution in [0.2, 0.25) is 0 Å². The van der Waals surface area contributed by atoms with Gasteiger partial charge in [0.2, 0.25) is 5.91 Å². The quantitative estimate of drug-likeness (QED) is 0.309. The Kier molecular flexibility index (Phi) is 13.7. The van der Waals surface area contributed by atoms with Crippen molar-refractivity contribution in [2.75, 3.05) is 26.9 Å². The van der Waals surface area contributed by atoms with Crippen molar-refractivity contribution in [2.24, 2.45) is 5.92 Å². The molecule has 2 rings (SSSR count). The van der Waals surface area contributed by atoms with Crippen LogP contribution in [0.15, 0.2) is 36.0 Å². The van der Waals surface area contributed by atoms with E-state index in [4.69, 9.17) is 19.3 Å². The van der Waals surface area contributed by atoms with E-state index in [0.29, 0.717) is 19.6 Å². The van der Waals surface area contributed by atoms with Crippen LogP contribution in [-0.2, 0) is 19.0 Å². The van der Waals surface area contributed by atoms with Crippen LogP contribution in [-0.4, -0.2) is 73.1 Å². The highest BCUT2D eigenvalue weighted by atomic mass is 16.7. The van der Waals surface area contributed by atoms with Crippen molar-refractivity contribution >= 4 is 12.0 Å². The molecule has 4 N–H and O–H groups in total. The van der Waals surface area contributed by atoms with Crippen LogP contribution in [0, 0.1) is 5.92 Å². The van der Waals surface area contributed by atoms with Crippen LogP contribution in [0.4, 0.5) is 4.79 Å². The molecule has 2 aliphatic rings. The van der Waals surface area contributed by atoms with Gasteiger partial charge in [-0.05, 0) is 52.0 Å². The molecule has 2 heterocycles. The van der Waals surface area contributed by atoms with Gasteiger partial charge < -0.3 is 35.1 Å². The number of carbonyl (C=O) groups excluding carboxylic acids is 1. The molecule has 0 saturated carbocycles. The SMILES string of the molecule is CC/C=C\C(=O)NC1COC(C/C=C(C)/C=C/C2CC(CO)CC(C)(C)O2)OC1.CNC(=O)O. The van der Waals surface area contributed by atoms with Gasteiger partial charge in [-0.3, -0.25) is 4.79 Å². The molecule has 9 nitrogen and oxygen atoms in total. The second kappa shape index (κ2) is 15.7. The summed E-state index contributed by atoms with van der Waals surface area (Å²) in [6.07, 6.45) is 11.6. The summed E-state index contributed by atoms with van der Waals surface area (Å²) in [5.74, 6) is 0.174. The minimum Gasteiger partial charge on any atom is -0.465 e. The lowest BCUT2D eigenvalue weighted by molar-refractivity contribution is -0.187. The van der Waals surface area contributed by atoms with E-state index in [1.807, 2.05) is 25.2 Å². The van der Waals surface area contributed by atoms with E-state index in [9.17, 15) is 14.7 Å². The van der Waals surface area contributed by atoms with Gasteiger partial charge in [0.05, 0.1) is 31.0 Å². The van der Waals surface area contributed by atoms with Crippen LogP contribution < -0.4 is 10.6 Å². The van der Waals surface area contributed by atoms with Gasteiger partial charge in [0.1, 0.15) is 0 Å². The van der Waals surface area contributed by atoms with Gasteiger partial charge in [0, 0.05) is 20.1 Å². The van der Waals surface area contributed by atoms with Crippen molar-refractivity contribution in [3.63, 3.8) is 0 Å². The zero-order valence-electron chi connectivity index (χ0n) is 21.1. The van der Waals surface area contributed by atoms with Gasteiger partial charge in [0.25, 0.3) is 0 Å². The van der Waals surface area contributed by atoms with Gasteiger partial charge in [-0.15, -0.1) is 0 Å². The largest absolute Gasteiger partial charge is 0.465 e. The number of aliphatic hydroxyl groups is 1. The topological polar surface area (TPSA) is 126 Å². The maximum Gasteiger partial charge on any atom is 0.404 e. The summed E-state index contributed by atoms with van der Waals surface area (Å²) in [5, 5.41) is 21.9. The first kappa shape index (κ1) is 29.8. The number of ether oxygens (including phenoxy) is 3. The molecule has 194 valence electrons. The number of rotatable bonds is 8. The average molecular weight is 483 g/mol. The van der Waals surface area contributed by atoms with Crippen LogP contribution in [0.5, 0.6) is 0 Å². The molecule has 2 aliphatic heterocycles. The Morgan fingerprint density at radius 3 is 2.38 bits per heavy atom. The Balaban J connectivity index is 0.00000104. The second-order valence-corrected chi connectivity index (χ2v) is 9.11. The summed E-state index contributed by atoms with van der Waals surface area (Å²) in [4.78, 5) is 21.0. The number of nitrogens with one attached hydrogen (secondary N) is 2. The lowest BCUT2D eigenvalue weighted by Crippen LogP contribution is -2.46. The van der Waals surface area contributed by atoms with Gasteiger partial charge >= 0.3 is 6.09 Å². The highest BCUT2D eigenvalue weighted by molar-refractivity contribution is 5.87. The summed E-state index contributed by atoms with van der Waals surface area (Å²) < 4.78 is 17.5. The highest BCUT2D eigenvalue weighted by Crippen LogP contribution is 2.32. The molecule has 0 bridgehead atoms. The van der Waals surface area contributed by atoms with Crippen molar-refractivity contribution in [3.8, 4) is 0 Å². The number of carboxylic acid groups (broad SMARTS) is 1. The maximum atomic E-state index is 11.7. The van der Waals surface area contributed by atoms with E-state index >= 15 is 0 Å². The third-order valence-corrected chi connectivity index (χ3v) is 5.31. The molecule has 2 saturated heterocycles. The van der Waals surface area contributed by atoms with Gasteiger partial charge in [-0.2, -0.15) is 0 Å². The van der Waals surface area contributed by atoms with Crippen molar-refractivity contribution in [3.05, 3.63) is 36.0 Å². The minimum atomic E-state index is -0.995. The maximum absolute atomic E-state index is 11.7. The average Bonchev–Trinajstić information content (AvgIpc) is 2.80. The smallest absolute Gasteiger partial charge is 0.404 e. The number of hydrogen-bond donors (Lipinski definition) is 4. The van der Waals surface area contributed by atoms with E-state index in [2.05, 4.69) is 37.4 Å². The summed E-state index contributed by atoms with van der Waals surface area (Å²) in [5.41, 5.74) is 0.908. The Morgan fingerprint density at radius 1 is 1.18 bits per heavy atom. The number of hydrogen-bond acceptors (Lipinski definition) is 6. The number of carbonyl (C=O) groups is 2. The molecule has 0 aromatic rings. The molecule has 2 atom stereocenters. The summed E-state index contributed by atoms with van der Waals surface area (Å²) in [6.45, 7) is 9.29. The van der Waals surface area contributed by atoms with Crippen molar-refractivity contribution in [1.29, 1.82) is 0 Å². The van der Waals surface area contributed by atoms with Crippen LogP contribution in [0.1, 0.15) is 53.4 Å². The lowest BCUT2D eigenvalue weighted by Gasteiger charge is -2.39. The molecule has 0 aromatic heterocycles. The molecule has 0 aliphatic carbocycles. The fraction of sp³-hybridized carbons (Fsp3) is 0.680. The molecular formula is C25H42N2O7. The summed E-state index contributed by atoms with van der Waals surface area (Å²) in [6, 6.07) is -0.114. The minimum absolute atomic E-state index is 0.0209. The third-order valence-electron chi connectivity index (χ3n) is 5.31. The third kappa shape index (κ3) is 12.9. The number of amides is 2. The second-order valence-electron chi connectivity index (χ2n) is 9.11. The van der Waals surface area contributed by atoms with Crippen molar-refractivity contribution < 1.29 is 34.0 Å². The van der Waals surface area contributed by atoms with Gasteiger partial charge in [0.15, 0.2) is 6.29 Å². The van der Waals surface area contributed by atoms with Gasteiger partial charge in [-0.25, -0.2) is 4.79 Å². The molecule has 2 fully saturated rings. The fourth-order valence-corrected chi connectivity index (χ4v) is 3.72. The predicted molar refractivity (Wildman–Crippen MR) is 130 cm³/mol. The summed E-state index contributed by atoms with van der Waals surface area (Å²) in [7, 11) is 1.35. The Hall–Kier alpha value is -2.20. The van der Waals surface area contributed by atoms with E-state index in [-0.39, 0.29) is 42.5 Å². The van der Waals surface area contributed by atoms with Gasteiger partial charge in [-0.1, -0.05) is 36.8 Å². The molecule has 0 spiro atoms. The highest BCUT2D eigenvalue weighted by Gasteiger charge is 2.33. The van der Waals surface area contributed by atoms with Crippen LogP contribution in [0.25, 0.3) is 0 Å². The Bertz CT molecular complexity index is 710. The van der Waals surface area contributed by atoms with Crippen molar-refractivity contribution in [2.45, 2.75) is 77.4 Å². The normalized spacial score (nSPS) is 27.2. The first-order valence-electron chi connectivity index (χ1n) is 11.8. The van der Waals surface area contributed by atoms with Crippen LogP contribution >= 0.6 is 0 Å². The Morgan fingerprint density at radius 2 is 1.82 bits per heavy atom. The monoisotopic (exact) mass is 482 g/mol. The predicted octanol–water partition coefficient (Wildman–Crippen LogP) is 3.15. The molecule has 9 heteroatoms. The molecular weight excluding hydrogens is 440 g/mol. The summed E-state index contributed by atoms with van der Waals surface area (Å²) >= 11 is 0. The van der Waals surface area contributed by atoms with E-state index in [1.54, 1.807) is 6.08 Å². The molecule has 0 aromatic carbocycles. The van der Waals surface area contributed by atoms with E-state index < -0.39 is 6.09 Å². The van der Waals surface area contributed by atoms with E-state index in [0.717, 1.165) is 24.8 Å². The zero-order chi connectivity index (χ0) is 25.6. The number of allylic oxidation sites excluding steroid dienone is 3. The number of aliphatic hydroxyl groups excluding tert-OH is 1. The van der Waals surface area contributed by atoms with E-state index in [1.165, 1.54) is 7.05 Å². The molecule has 34 heavy (non-hydrogen) atoms.